The van der Waals surface area contributed by atoms with Gasteiger partial charge in [0.15, 0.2) is 5.82 Å². The van der Waals surface area contributed by atoms with Gasteiger partial charge in [-0.1, -0.05) is 0 Å². The highest BCUT2D eigenvalue weighted by Crippen LogP contribution is 2.55. The fourth-order valence-electron chi connectivity index (χ4n) is 6.45. The molecule has 7 rings (SSSR count). The number of aliphatic hydroxyl groups is 1. The van der Waals surface area contributed by atoms with E-state index in [4.69, 9.17) is 4.74 Å². The Morgan fingerprint density at radius 3 is 2.77 bits per heavy atom. The number of amides is 1. The average molecular weight is 425 g/mol. The van der Waals surface area contributed by atoms with E-state index < -0.39 is 5.60 Å². The van der Waals surface area contributed by atoms with Crippen LogP contribution in [0.25, 0.3) is 5.82 Å². The molecular weight excluding hydrogens is 396 g/mol. The summed E-state index contributed by atoms with van der Waals surface area (Å²) in [6.07, 6.45) is 10.6. The first-order valence-electron chi connectivity index (χ1n) is 11.3. The third-order valence-corrected chi connectivity index (χ3v) is 7.54. The van der Waals surface area contributed by atoms with E-state index in [9.17, 15) is 9.90 Å². The molecule has 1 saturated heterocycles. The lowest BCUT2D eigenvalue weighted by Gasteiger charge is -2.58. The molecule has 4 bridgehead atoms. The van der Waals surface area contributed by atoms with Gasteiger partial charge in [0.25, 0.3) is 5.91 Å². The van der Waals surface area contributed by atoms with E-state index in [1.165, 1.54) is 0 Å². The first kappa shape index (κ1) is 19.2. The third kappa shape index (κ3) is 3.49. The highest BCUT2D eigenvalue weighted by Gasteiger charge is 2.55. The van der Waals surface area contributed by atoms with Crippen LogP contribution in [0.3, 0.4) is 0 Å². The van der Waals surface area contributed by atoms with Crippen LogP contribution in [0.2, 0.25) is 0 Å². The summed E-state index contributed by atoms with van der Waals surface area (Å²) in [5, 5.41) is 21.7. The van der Waals surface area contributed by atoms with Crippen LogP contribution in [-0.4, -0.2) is 61.7 Å². The van der Waals surface area contributed by atoms with Gasteiger partial charge in [-0.2, -0.15) is 10.1 Å². The van der Waals surface area contributed by atoms with Gasteiger partial charge < -0.3 is 20.5 Å². The molecule has 9 nitrogen and oxygen atoms in total. The Kier molecular flexibility index (Phi) is 4.50. The molecule has 4 saturated carbocycles. The molecule has 3 atom stereocenters. The number of carbonyl (C=O) groups excluding carboxylic acids is 1. The van der Waals surface area contributed by atoms with Gasteiger partial charge in [0.1, 0.15) is 5.56 Å². The molecule has 164 valence electrons. The fourth-order valence-corrected chi connectivity index (χ4v) is 6.45. The van der Waals surface area contributed by atoms with E-state index in [2.05, 4.69) is 25.7 Å². The Labute approximate surface area is 180 Å². The van der Waals surface area contributed by atoms with Crippen LogP contribution in [0, 0.1) is 17.8 Å². The van der Waals surface area contributed by atoms with Crippen molar-refractivity contribution in [3.63, 3.8) is 0 Å². The number of carbonyl (C=O) groups is 1. The van der Waals surface area contributed by atoms with Crippen molar-refractivity contribution >= 4 is 11.9 Å². The standard InChI is InChI=1S/C22H28N6O3/c29-20(26-18-14-6-13-7-15(18)10-22(30,8-13)9-14)17-11-23-21(25-16-2-5-31-12-16)27-19(17)28-4-1-3-24-28/h1,3-4,11,13-16,18,30H,2,5-10,12H2,(H,26,29)(H,23,25,27). The van der Waals surface area contributed by atoms with Crippen molar-refractivity contribution in [1.82, 2.24) is 25.1 Å². The first-order valence-corrected chi connectivity index (χ1v) is 11.3. The third-order valence-electron chi connectivity index (χ3n) is 7.54. The van der Waals surface area contributed by atoms with Gasteiger partial charge in [0.05, 0.1) is 18.2 Å². The smallest absolute Gasteiger partial charge is 0.256 e. The van der Waals surface area contributed by atoms with Gasteiger partial charge >= 0.3 is 0 Å². The molecule has 3 unspecified atom stereocenters. The van der Waals surface area contributed by atoms with Crippen LogP contribution in [0.4, 0.5) is 5.95 Å². The Bertz CT molecular complexity index is 958. The second-order valence-corrected chi connectivity index (χ2v) is 9.78. The summed E-state index contributed by atoms with van der Waals surface area (Å²) in [6.45, 7) is 1.35. The molecule has 1 amide bonds. The van der Waals surface area contributed by atoms with E-state index >= 15 is 0 Å². The summed E-state index contributed by atoms with van der Waals surface area (Å²) >= 11 is 0. The number of ether oxygens (including phenoxy) is 1. The zero-order valence-electron chi connectivity index (χ0n) is 17.4. The van der Waals surface area contributed by atoms with Gasteiger partial charge in [0, 0.05) is 31.2 Å². The number of aromatic nitrogens is 4. The van der Waals surface area contributed by atoms with Crippen molar-refractivity contribution < 1.29 is 14.6 Å². The number of anilines is 1. The molecule has 4 aliphatic carbocycles. The van der Waals surface area contributed by atoms with Crippen LogP contribution < -0.4 is 10.6 Å². The second kappa shape index (κ2) is 7.27. The van der Waals surface area contributed by atoms with Crippen molar-refractivity contribution in [2.75, 3.05) is 18.5 Å². The number of hydrogen-bond acceptors (Lipinski definition) is 7. The van der Waals surface area contributed by atoms with Crippen LogP contribution in [0.5, 0.6) is 0 Å². The summed E-state index contributed by atoms with van der Waals surface area (Å²) in [4.78, 5) is 22.4. The highest BCUT2D eigenvalue weighted by atomic mass is 16.5. The van der Waals surface area contributed by atoms with Gasteiger partial charge in [-0.3, -0.25) is 4.79 Å². The predicted octanol–water partition coefficient (Wildman–Crippen LogP) is 1.53. The lowest BCUT2D eigenvalue weighted by molar-refractivity contribution is -0.136. The lowest BCUT2D eigenvalue weighted by Crippen LogP contribution is -2.61. The Morgan fingerprint density at radius 2 is 2.10 bits per heavy atom. The molecule has 0 radical (unpaired) electrons. The van der Waals surface area contributed by atoms with Gasteiger partial charge in [-0.25, -0.2) is 9.67 Å². The molecule has 2 aromatic heterocycles. The second-order valence-electron chi connectivity index (χ2n) is 9.78. The molecule has 5 aliphatic rings. The van der Waals surface area contributed by atoms with Crippen LogP contribution in [0.15, 0.2) is 24.7 Å². The molecular formula is C22H28N6O3. The van der Waals surface area contributed by atoms with Crippen LogP contribution >= 0.6 is 0 Å². The van der Waals surface area contributed by atoms with E-state index in [-0.39, 0.29) is 18.0 Å². The van der Waals surface area contributed by atoms with Gasteiger partial charge in [-0.15, -0.1) is 0 Å². The lowest BCUT2D eigenvalue weighted by atomic mass is 9.52. The highest BCUT2D eigenvalue weighted by molar-refractivity contribution is 5.97. The molecule has 3 N–H and O–H groups in total. The summed E-state index contributed by atoms with van der Waals surface area (Å²) in [6, 6.07) is 2.08. The molecule has 9 heteroatoms. The fraction of sp³-hybridized carbons (Fsp3) is 0.636. The van der Waals surface area contributed by atoms with Crippen molar-refractivity contribution in [3.05, 3.63) is 30.2 Å². The molecule has 5 fully saturated rings. The normalized spacial score (nSPS) is 36.0. The Morgan fingerprint density at radius 1 is 1.26 bits per heavy atom. The number of nitrogens with zero attached hydrogens (tertiary/aromatic N) is 4. The van der Waals surface area contributed by atoms with Gasteiger partial charge in [0.2, 0.25) is 5.95 Å². The van der Waals surface area contributed by atoms with Crippen LogP contribution in [-0.2, 0) is 4.74 Å². The summed E-state index contributed by atoms with van der Waals surface area (Å²) in [5.41, 5.74) is -0.109. The minimum atomic E-state index is -0.516. The number of nitrogens with one attached hydrogen (secondary N) is 2. The van der Waals surface area contributed by atoms with E-state index in [0.29, 0.717) is 41.7 Å². The maximum atomic E-state index is 13.4. The largest absolute Gasteiger partial charge is 0.390 e. The monoisotopic (exact) mass is 424 g/mol. The number of rotatable bonds is 5. The summed E-state index contributed by atoms with van der Waals surface area (Å²) < 4.78 is 7.02. The molecule has 31 heavy (non-hydrogen) atoms. The topological polar surface area (TPSA) is 114 Å². The average Bonchev–Trinajstić information content (AvgIpc) is 3.43. The SMILES string of the molecule is O=C(NC1C2CC3CC1CC(O)(C3)C2)c1cnc(NC2CCOC2)nc1-n1cccn1. The first-order chi connectivity index (χ1) is 15.1. The zero-order valence-corrected chi connectivity index (χ0v) is 17.4. The van der Waals surface area contributed by atoms with Crippen molar-refractivity contribution in [3.8, 4) is 5.82 Å². The molecule has 0 spiro atoms. The van der Waals surface area contributed by atoms with Crippen LogP contribution in [0.1, 0.15) is 48.9 Å². The minimum absolute atomic E-state index is 0.100. The minimum Gasteiger partial charge on any atom is -0.390 e. The van der Waals surface area contributed by atoms with E-state index in [1.807, 2.05) is 0 Å². The molecule has 0 aromatic carbocycles. The summed E-state index contributed by atoms with van der Waals surface area (Å²) in [5.74, 6) is 2.04. The molecule has 3 heterocycles. The maximum absolute atomic E-state index is 13.4. The van der Waals surface area contributed by atoms with Crippen molar-refractivity contribution in [2.45, 2.75) is 56.2 Å². The van der Waals surface area contributed by atoms with E-state index in [0.717, 1.165) is 45.1 Å². The predicted molar refractivity (Wildman–Crippen MR) is 112 cm³/mol. The van der Waals surface area contributed by atoms with Gasteiger partial charge in [-0.05, 0) is 62.3 Å². The Hall–Kier alpha value is -2.52. The zero-order chi connectivity index (χ0) is 21.0. The van der Waals surface area contributed by atoms with E-state index in [1.54, 1.807) is 29.3 Å². The van der Waals surface area contributed by atoms with Crippen molar-refractivity contribution in [2.24, 2.45) is 17.8 Å². The maximum Gasteiger partial charge on any atom is 0.256 e. The Balaban J connectivity index is 1.25. The quantitative estimate of drug-likeness (QED) is 0.667. The number of hydrogen-bond donors (Lipinski definition) is 3. The van der Waals surface area contributed by atoms with Crippen molar-refractivity contribution in [1.29, 1.82) is 0 Å². The molecule has 2 aromatic rings. The molecule has 1 aliphatic heterocycles. The summed E-state index contributed by atoms with van der Waals surface area (Å²) in [7, 11) is 0.